The third kappa shape index (κ3) is 5.57. The number of nitrogens with zero attached hydrogens (tertiary/aromatic N) is 3. The number of fused-ring (bicyclic) bond motifs is 1. The van der Waals surface area contributed by atoms with Gasteiger partial charge >= 0.3 is 5.97 Å². The lowest BCUT2D eigenvalue weighted by molar-refractivity contribution is -0.143. The van der Waals surface area contributed by atoms with Crippen molar-refractivity contribution in [2.75, 3.05) is 27.2 Å². The van der Waals surface area contributed by atoms with Crippen LogP contribution in [0.2, 0.25) is 0 Å². The van der Waals surface area contributed by atoms with E-state index < -0.39 is 6.04 Å². The molecule has 1 aromatic carbocycles. The maximum absolute atomic E-state index is 13.0. The summed E-state index contributed by atoms with van der Waals surface area (Å²) in [6.07, 6.45) is -0.0195. The lowest BCUT2D eigenvalue weighted by atomic mass is 9.94. The van der Waals surface area contributed by atoms with Crippen molar-refractivity contribution < 1.29 is 14.3 Å². The standard InChI is InChI=1S/C23H30N4O3S/c1-15(2)30-22(29)20-16(3)25-23-27(21(20)17-9-7-6-8-10-17)18(14-31-23)13-19(28)24-11-12-26(4)5/h6-10,14-15,21H,11-13H2,1-5H3,(H,24,28). The first kappa shape index (κ1) is 23.1. The van der Waals surface area contributed by atoms with Crippen molar-refractivity contribution in [3.05, 3.63) is 58.3 Å². The summed E-state index contributed by atoms with van der Waals surface area (Å²) >= 11 is 1.47. The number of carbonyl (C=O) groups is 2. The van der Waals surface area contributed by atoms with E-state index in [4.69, 9.17) is 4.74 Å². The lowest BCUT2D eigenvalue weighted by Gasteiger charge is -2.36. The Kier molecular flexibility index (Phi) is 7.56. The molecule has 2 aliphatic rings. The van der Waals surface area contributed by atoms with Crippen LogP contribution in [0.5, 0.6) is 0 Å². The summed E-state index contributed by atoms with van der Waals surface area (Å²) in [5, 5.41) is 5.67. The number of benzene rings is 1. The van der Waals surface area contributed by atoms with Crippen LogP contribution in [0.4, 0.5) is 0 Å². The number of nitrogens with one attached hydrogen (secondary N) is 1. The summed E-state index contributed by atoms with van der Waals surface area (Å²) in [7, 11) is 3.94. The second-order valence-electron chi connectivity index (χ2n) is 8.09. The second-order valence-corrected chi connectivity index (χ2v) is 8.92. The van der Waals surface area contributed by atoms with Crippen molar-refractivity contribution in [2.24, 2.45) is 4.99 Å². The fraction of sp³-hybridized carbons (Fsp3) is 0.435. The van der Waals surface area contributed by atoms with E-state index in [0.29, 0.717) is 17.8 Å². The van der Waals surface area contributed by atoms with Crippen LogP contribution in [-0.4, -0.2) is 60.1 Å². The molecule has 1 unspecified atom stereocenters. The van der Waals surface area contributed by atoms with Crippen molar-refractivity contribution in [1.82, 2.24) is 15.1 Å². The van der Waals surface area contributed by atoms with Gasteiger partial charge in [0.15, 0.2) is 5.17 Å². The Bertz CT molecular complexity index is 922. The molecule has 1 N–H and O–H groups in total. The van der Waals surface area contributed by atoms with E-state index in [1.807, 2.05) is 80.4 Å². The summed E-state index contributed by atoms with van der Waals surface area (Å²) in [5.41, 5.74) is 2.92. The van der Waals surface area contributed by atoms with Gasteiger partial charge in [0.1, 0.15) is 0 Å². The van der Waals surface area contributed by atoms with Gasteiger partial charge < -0.3 is 19.9 Å². The maximum atomic E-state index is 13.0. The molecule has 0 saturated carbocycles. The van der Waals surface area contributed by atoms with Crippen molar-refractivity contribution >= 4 is 28.8 Å². The molecule has 1 aromatic rings. The van der Waals surface area contributed by atoms with E-state index in [1.165, 1.54) is 11.8 Å². The molecule has 0 radical (unpaired) electrons. The number of ether oxygens (including phenoxy) is 1. The van der Waals surface area contributed by atoms with Gasteiger partial charge in [-0.15, -0.1) is 0 Å². The van der Waals surface area contributed by atoms with Crippen LogP contribution in [0, 0.1) is 0 Å². The Morgan fingerprint density at radius 1 is 1.26 bits per heavy atom. The zero-order valence-electron chi connectivity index (χ0n) is 18.7. The van der Waals surface area contributed by atoms with Gasteiger partial charge in [-0.2, -0.15) is 0 Å². The molecular weight excluding hydrogens is 412 g/mol. The Balaban J connectivity index is 1.90. The van der Waals surface area contributed by atoms with Gasteiger partial charge in [-0.25, -0.2) is 9.79 Å². The van der Waals surface area contributed by atoms with E-state index in [2.05, 4.69) is 10.3 Å². The first-order valence-corrected chi connectivity index (χ1v) is 11.3. The number of aliphatic imine (C=N–C) groups is 1. The molecule has 7 nitrogen and oxygen atoms in total. The van der Waals surface area contributed by atoms with Crippen molar-refractivity contribution in [3.8, 4) is 0 Å². The predicted molar refractivity (Wildman–Crippen MR) is 124 cm³/mol. The molecule has 166 valence electrons. The third-order valence-electron chi connectivity index (χ3n) is 4.90. The van der Waals surface area contributed by atoms with Crippen molar-refractivity contribution in [2.45, 2.75) is 39.3 Å². The van der Waals surface area contributed by atoms with Gasteiger partial charge in [0.2, 0.25) is 5.91 Å². The molecule has 0 spiro atoms. The Labute approximate surface area is 188 Å². The van der Waals surface area contributed by atoms with Gasteiger partial charge in [0.05, 0.1) is 29.8 Å². The van der Waals surface area contributed by atoms with Crippen LogP contribution in [0.25, 0.3) is 0 Å². The molecule has 0 fully saturated rings. The van der Waals surface area contributed by atoms with Gasteiger partial charge in [-0.1, -0.05) is 42.1 Å². The third-order valence-corrected chi connectivity index (χ3v) is 5.79. The minimum atomic E-state index is -0.393. The molecule has 0 saturated heterocycles. The largest absolute Gasteiger partial charge is 0.459 e. The zero-order valence-corrected chi connectivity index (χ0v) is 19.5. The average molecular weight is 443 g/mol. The SMILES string of the molecule is CC1=C(C(=O)OC(C)C)C(c2ccccc2)N2C(CC(=O)NCCN(C)C)=CSC2=N1. The van der Waals surface area contributed by atoms with Gasteiger partial charge in [0.25, 0.3) is 0 Å². The fourth-order valence-electron chi connectivity index (χ4n) is 3.51. The summed E-state index contributed by atoms with van der Waals surface area (Å²) in [6.45, 7) is 6.86. The fourth-order valence-corrected chi connectivity index (χ4v) is 4.47. The van der Waals surface area contributed by atoms with Crippen LogP contribution < -0.4 is 5.32 Å². The summed E-state index contributed by atoms with van der Waals surface area (Å²) < 4.78 is 5.55. The van der Waals surface area contributed by atoms with Gasteiger partial charge in [-0.05, 0) is 45.8 Å². The minimum Gasteiger partial charge on any atom is -0.459 e. The molecule has 8 heteroatoms. The molecule has 2 aliphatic heterocycles. The van der Waals surface area contributed by atoms with Crippen LogP contribution >= 0.6 is 11.8 Å². The van der Waals surface area contributed by atoms with Crippen molar-refractivity contribution in [3.63, 3.8) is 0 Å². The highest BCUT2D eigenvalue weighted by Crippen LogP contribution is 2.44. The van der Waals surface area contributed by atoms with E-state index in [-0.39, 0.29) is 24.4 Å². The van der Waals surface area contributed by atoms with E-state index in [1.54, 1.807) is 0 Å². The number of hydrogen-bond acceptors (Lipinski definition) is 7. The molecule has 1 atom stereocenters. The molecule has 0 bridgehead atoms. The topological polar surface area (TPSA) is 74.2 Å². The first-order valence-electron chi connectivity index (χ1n) is 10.4. The molecule has 31 heavy (non-hydrogen) atoms. The number of hydrogen-bond donors (Lipinski definition) is 1. The van der Waals surface area contributed by atoms with Crippen molar-refractivity contribution in [1.29, 1.82) is 0 Å². The molecule has 0 aliphatic carbocycles. The van der Waals surface area contributed by atoms with Crippen LogP contribution in [0.3, 0.4) is 0 Å². The van der Waals surface area contributed by atoms with E-state index in [0.717, 1.165) is 23.0 Å². The molecule has 3 rings (SSSR count). The Morgan fingerprint density at radius 3 is 2.61 bits per heavy atom. The molecule has 1 amide bonds. The predicted octanol–water partition coefficient (Wildman–Crippen LogP) is 3.28. The zero-order chi connectivity index (χ0) is 22.5. The molecule has 2 heterocycles. The van der Waals surface area contributed by atoms with Gasteiger partial charge in [-0.3, -0.25) is 4.79 Å². The highest BCUT2D eigenvalue weighted by atomic mass is 32.2. The summed E-state index contributed by atoms with van der Waals surface area (Å²) in [4.78, 5) is 34.3. The first-order chi connectivity index (χ1) is 14.8. The maximum Gasteiger partial charge on any atom is 0.338 e. The highest BCUT2D eigenvalue weighted by Gasteiger charge is 2.41. The Morgan fingerprint density at radius 2 is 1.97 bits per heavy atom. The molecular formula is C23H30N4O3S. The number of thioether (sulfide) groups is 1. The lowest BCUT2D eigenvalue weighted by Crippen LogP contribution is -2.39. The number of allylic oxidation sites excluding steroid dienone is 1. The number of rotatable bonds is 8. The number of amidine groups is 1. The average Bonchev–Trinajstić information content (AvgIpc) is 3.08. The highest BCUT2D eigenvalue weighted by molar-refractivity contribution is 8.16. The quantitative estimate of drug-likeness (QED) is 0.623. The van der Waals surface area contributed by atoms with E-state index >= 15 is 0 Å². The number of amides is 1. The summed E-state index contributed by atoms with van der Waals surface area (Å²) in [5.74, 6) is -0.435. The van der Waals surface area contributed by atoms with Crippen LogP contribution in [0.15, 0.2) is 57.7 Å². The Hall–Kier alpha value is -2.58. The van der Waals surface area contributed by atoms with E-state index in [9.17, 15) is 9.59 Å². The smallest absolute Gasteiger partial charge is 0.338 e. The number of likely N-dealkylation sites (N-methyl/N-ethyl adjacent to an activating group) is 1. The van der Waals surface area contributed by atoms with Crippen LogP contribution in [0.1, 0.15) is 38.8 Å². The normalized spacial score (nSPS) is 18.2. The number of carbonyl (C=O) groups excluding carboxylic acids is 2. The number of esters is 1. The molecule has 0 aromatic heterocycles. The minimum absolute atomic E-state index is 0.0562. The van der Waals surface area contributed by atoms with Crippen LogP contribution in [-0.2, 0) is 14.3 Å². The second kappa shape index (κ2) is 10.2. The summed E-state index contributed by atoms with van der Waals surface area (Å²) in [6, 6.07) is 9.42. The van der Waals surface area contributed by atoms with Gasteiger partial charge in [0, 0.05) is 18.8 Å². The monoisotopic (exact) mass is 442 g/mol.